The number of hydrogen-bond donors (Lipinski definition) is 1. The van der Waals surface area contributed by atoms with Crippen LogP contribution < -0.4 is 5.32 Å². The molecule has 9 nitrogen and oxygen atoms in total. The molecular formula is C20H21N5O4S2. The number of anilines is 1. The number of amides is 1. The van der Waals surface area contributed by atoms with E-state index in [0.29, 0.717) is 36.1 Å². The van der Waals surface area contributed by atoms with Gasteiger partial charge >= 0.3 is 0 Å². The zero-order valence-corrected chi connectivity index (χ0v) is 18.4. The largest absolute Gasteiger partial charge is 0.362 e. The van der Waals surface area contributed by atoms with E-state index in [1.807, 2.05) is 28.8 Å². The van der Waals surface area contributed by atoms with E-state index in [-0.39, 0.29) is 17.2 Å². The van der Waals surface area contributed by atoms with Gasteiger partial charge in [0.15, 0.2) is 0 Å². The molecule has 11 heteroatoms. The quantitative estimate of drug-likeness (QED) is 0.576. The highest BCUT2D eigenvalue weighted by Crippen LogP contribution is 2.20. The summed E-state index contributed by atoms with van der Waals surface area (Å²) in [5.74, 6) is 1.22. The number of benzene rings is 1. The van der Waals surface area contributed by atoms with Crippen LogP contribution in [0.4, 0.5) is 5.69 Å². The molecule has 0 radical (unpaired) electrons. The molecule has 2 aromatic heterocycles. The molecule has 0 unspecified atom stereocenters. The summed E-state index contributed by atoms with van der Waals surface area (Å²) >= 11 is 1.54. The van der Waals surface area contributed by atoms with Crippen LogP contribution in [0.25, 0.3) is 11.4 Å². The Kier molecular flexibility index (Phi) is 6.14. The third kappa shape index (κ3) is 5.17. The second-order valence-corrected chi connectivity index (χ2v) is 9.49. The lowest BCUT2D eigenvalue weighted by Crippen LogP contribution is -2.20. The van der Waals surface area contributed by atoms with Crippen molar-refractivity contribution in [3.63, 3.8) is 0 Å². The summed E-state index contributed by atoms with van der Waals surface area (Å²) in [6.45, 7) is 0.804. The van der Waals surface area contributed by atoms with Crippen LogP contribution in [0.1, 0.15) is 25.2 Å². The molecule has 3 aromatic rings. The number of nitrogens with zero attached hydrogens (tertiary/aromatic N) is 4. The van der Waals surface area contributed by atoms with E-state index < -0.39 is 10.0 Å². The van der Waals surface area contributed by atoms with Crippen LogP contribution in [0.3, 0.4) is 0 Å². The lowest BCUT2D eigenvalue weighted by molar-refractivity contribution is -0.116. The van der Waals surface area contributed by atoms with Gasteiger partial charge in [0.1, 0.15) is 5.84 Å². The standard InChI is InChI=1S/C20H21N5O4S2/c1-25-11-2-3-17(25)24-31(27,28)16-6-4-15(5-7-16)21-18(26)8-9-19-22-20(23-29-19)14-10-12-30-13-14/h4-7,10,12-13H,2-3,8-9,11H2,1H3,(H,21,26)/b24-17+. The molecule has 1 saturated heterocycles. The van der Waals surface area contributed by atoms with Gasteiger partial charge in [-0.3, -0.25) is 4.79 Å². The molecule has 1 aliphatic rings. The second-order valence-electron chi connectivity index (χ2n) is 7.10. The molecular weight excluding hydrogens is 438 g/mol. The van der Waals surface area contributed by atoms with E-state index in [2.05, 4.69) is 19.9 Å². The number of thiophene rings is 1. The topological polar surface area (TPSA) is 118 Å². The van der Waals surface area contributed by atoms with Crippen LogP contribution in [0.15, 0.2) is 54.9 Å². The summed E-state index contributed by atoms with van der Waals surface area (Å²) in [6.07, 6.45) is 2.01. The molecule has 0 spiro atoms. The van der Waals surface area contributed by atoms with Gasteiger partial charge in [-0.25, -0.2) is 0 Å². The lowest BCUT2D eigenvalue weighted by Gasteiger charge is -2.11. The Bertz CT molecular complexity index is 1180. The van der Waals surface area contributed by atoms with Crippen molar-refractivity contribution in [3.8, 4) is 11.4 Å². The molecule has 1 aromatic carbocycles. The normalized spacial score (nSPS) is 15.5. The lowest BCUT2D eigenvalue weighted by atomic mass is 10.2. The molecule has 0 atom stereocenters. The Balaban J connectivity index is 1.33. The number of aromatic nitrogens is 2. The highest BCUT2D eigenvalue weighted by atomic mass is 32.2. The number of sulfonamides is 1. The summed E-state index contributed by atoms with van der Waals surface area (Å²) in [4.78, 5) is 18.4. The van der Waals surface area contributed by atoms with Crippen LogP contribution in [-0.2, 0) is 21.2 Å². The third-order valence-corrected chi connectivity index (χ3v) is 6.81. The molecule has 0 saturated carbocycles. The zero-order chi connectivity index (χ0) is 21.8. The van der Waals surface area contributed by atoms with Gasteiger partial charge in [0.05, 0.1) is 4.90 Å². The van der Waals surface area contributed by atoms with Crippen molar-refractivity contribution in [2.24, 2.45) is 4.40 Å². The fourth-order valence-electron chi connectivity index (χ4n) is 3.12. The first-order chi connectivity index (χ1) is 14.9. The number of carbonyl (C=O) groups excluding carboxylic acids is 1. The first-order valence-corrected chi connectivity index (χ1v) is 12.1. The average molecular weight is 460 g/mol. The highest BCUT2D eigenvalue weighted by molar-refractivity contribution is 7.90. The zero-order valence-electron chi connectivity index (χ0n) is 16.8. The Hall–Kier alpha value is -3.05. The monoisotopic (exact) mass is 459 g/mol. The molecule has 1 aliphatic heterocycles. The Morgan fingerprint density at radius 3 is 2.77 bits per heavy atom. The maximum absolute atomic E-state index is 12.5. The number of nitrogens with one attached hydrogen (secondary N) is 1. The van der Waals surface area contributed by atoms with Crippen molar-refractivity contribution >= 4 is 38.8 Å². The first-order valence-electron chi connectivity index (χ1n) is 9.71. The van der Waals surface area contributed by atoms with Crippen LogP contribution in [0.2, 0.25) is 0 Å². The van der Waals surface area contributed by atoms with Gasteiger partial charge in [-0.15, -0.1) is 4.40 Å². The Morgan fingerprint density at radius 1 is 1.29 bits per heavy atom. The minimum atomic E-state index is -3.78. The fraction of sp³-hybridized carbons (Fsp3) is 0.300. The summed E-state index contributed by atoms with van der Waals surface area (Å²) in [5, 5.41) is 10.5. The Morgan fingerprint density at radius 2 is 2.10 bits per heavy atom. The summed E-state index contributed by atoms with van der Waals surface area (Å²) in [7, 11) is -1.95. The highest BCUT2D eigenvalue weighted by Gasteiger charge is 2.20. The molecule has 162 valence electrons. The van der Waals surface area contributed by atoms with Crippen molar-refractivity contribution in [3.05, 3.63) is 47.0 Å². The number of amidine groups is 1. The van der Waals surface area contributed by atoms with E-state index in [1.165, 1.54) is 12.1 Å². The predicted molar refractivity (Wildman–Crippen MR) is 117 cm³/mol. The van der Waals surface area contributed by atoms with E-state index in [4.69, 9.17) is 4.52 Å². The second kappa shape index (κ2) is 8.98. The van der Waals surface area contributed by atoms with Crippen molar-refractivity contribution in [2.45, 2.75) is 30.6 Å². The SMILES string of the molecule is CN1CCC/C1=N\S(=O)(=O)c1ccc(NC(=O)CCc2nc(-c3ccsc3)no2)cc1. The maximum atomic E-state index is 12.5. The van der Waals surface area contributed by atoms with Gasteiger partial charge in [0, 0.05) is 49.5 Å². The van der Waals surface area contributed by atoms with Crippen molar-refractivity contribution in [1.29, 1.82) is 0 Å². The molecule has 3 heterocycles. The smallest absolute Gasteiger partial charge is 0.283 e. The molecule has 31 heavy (non-hydrogen) atoms. The summed E-state index contributed by atoms with van der Waals surface area (Å²) in [5.41, 5.74) is 1.38. The van der Waals surface area contributed by atoms with Crippen LogP contribution in [-0.4, -0.2) is 48.8 Å². The fourth-order valence-corrected chi connectivity index (χ4v) is 4.85. The van der Waals surface area contributed by atoms with Gasteiger partial charge in [-0.2, -0.15) is 24.7 Å². The minimum absolute atomic E-state index is 0.0881. The van der Waals surface area contributed by atoms with Gasteiger partial charge < -0.3 is 14.7 Å². The van der Waals surface area contributed by atoms with E-state index in [0.717, 1.165) is 18.5 Å². The first kappa shape index (κ1) is 21.2. The van der Waals surface area contributed by atoms with Crippen molar-refractivity contribution in [1.82, 2.24) is 15.0 Å². The van der Waals surface area contributed by atoms with Crippen LogP contribution in [0.5, 0.6) is 0 Å². The Labute approximate surface area is 183 Å². The van der Waals surface area contributed by atoms with Crippen LogP contribution >= 0.6 is 11.3 Å². The van der Waals surface area contributed by atoms with E-state index in [9.17, 15) is 13.2 Å². The van der Waals surface area contributed by atoms with E-state index in [1.54, 1.807) is 23.5 Å². The summed E-state index contributed by atoms with van der Waals surface area (Å²) < 4.78 is 34.1. The molecule has 1 amide bonds. The summed E-state index contributed by atoms with van der Waals surface area (Å²) in [6, 6.07) is 7.87. The van der Waals surface area contributed by atoms with Gasteiger partial charge in [-0.1, -0.05) is 5.16 Å². The number of likely N-dealkylation sites (tertiary alicyclic amines) is 1. The van der Waals surface area contributed by atoms with Crippen molar-refractivity contribution < 1.29 is 17.7 Å². The third-order valence-electron chi connectivity index (χ3n) is 4.81. The predicted octanol–water partition coefficient (Wildman–Crippen LogP) is 3.18. The molecule has 0 bridgehead atoms. The van der Waals surface area contributed by atoms with Gasteiger partial charge in [-0.05, 0) is 42.1 Å². The number of hydrogen-bond acceptors (Lipinski definition) is 7. The van der Waals surface area contributed by atoms with Gasteiger partial charge in [0.25, 0.3) is 10.0 Å². The molecule has 4 rings (SSSR count). The maximum Gasteiger partial charge on any atom is 0.283 e. The number of aryl methyl sites for hydroxylation is 1. The number of carbonyl (C=O) groups is 1. The molecule has 1 N–H and O–H groups in total. The van der Waals surface area contributed by atoms with Gasteiger partial charge in [0.2, 0.25) is 17.6 Å². The molecule has 1 fully saturated rings. The minimum Gasteiger partial charge on any atom is -0.362 e. The number of rotatable bonds is 7. The van der Waals surface area contributed by atoms with Crippen LogP contribution in [0, 0.1) is 0 Å². The van der Waals surface area contributed by atoms with Crippen molar-refractivity contribution in [2.75, 3.05) is 18.9 Å². The molecule has 0 aliphatic carbocycles. The van der Waals surface area contributed by atoms with E-state index >= 15 is 0 Å². The average Bonchev–Trinajstić information content (AvgIpc) is 3.49.